The van der Waals surface area contributed by atoms with Gasteiger partial charge >= 0.3 is 0 Å². The molecule has 168 valence electrons. The van der Waals surface area contributed by atoms with E-state index in [1.165, 1.54) is 17.0 Å². The Hall–Kier alpha value is -2.89. The predicted octanol–water partition coefficient (Wildman–Crippen LogP) is 4.66. The summed E-state index contributed by atoms with van der Waals surface area (Å²) < 4.78 is 19.1. The number of halogens is 1. The van der Waals surface area contributed by atoms with Crippen molar-refractivity contribution in [2.45, 2.75) is 59.0 Å². The topological polar surface area (TPSA) is 58.6 Å². The van der Waals surface area contributed by atoms with E-state index < -0.39 is 6.04 Å². The molecule has 0 saturated carbocycles. The Bertz CT molecular complexity index is 852. The molecule has 2 rings (SSSR count). The summed E-state index contributed by atoms with van der Waals surface area (Å²) in [6.07, 6.45) is 1.84. The molecule has 0 aliphatic rings. The molecular formula is C25H33FN2O3. The third-order valence-corrected chi connectivity index (χ3v) is 5.16. The largest absolute Gasteiger partial charge is 0.483 e. The number of nitrogens with one attached hydrogen (secondary N) is 1. The number of para-hydroxylation sites is 1. The zero-order valence-corrected chi connectivity index (χ0v) is 18.9. The fourth-order valence-corrected chi connectivity index (χ4v) is 3.22. The predicted molar refractivity (Wildman–Crippen MR) is 120 cm³/mol. The van der Waals surface area contributed by atoms with Crippen LogP contribution in [-0.2, 0) is 16.1 Å². The van der Waals surface area contributed by atoms with Crippen LogP contribution in [0.3, 0.4) is 0 Å². The number of nitrogens with zero attached hydrogens (tertiary/aromatic N) is 1. The van der Waals surface area contributed by atoms with Gasteiger partial charge in [0, 0.05) is 13.1 Å². The number of ether oxygens (including phenoxy) is 1. The van der Waals surface area contributed by atoms with Crippen LogP contribution in [0.4, 0.5) is 4.39 Å². The Morgan fingerprint density at radius 2 is 1.74 bits per heavy atom. The van der Waals surface area contributed by atoms with Gasteiger partial charge in [-0.1, -0.05) is 57.5 Å². The van der Waals surface area contributed by atoms with Crippen molar-refractivity contribution in [2.24, 2.45) is 0 Å². The summed E-state index contributed by atoms with van der Waals surface area (Å²) in [5.74, 6) is 0.0469. The SMILES string of the molecule is CCCCNC(=O)[C@@H](C)N(Cc1ccc(F)cc1)C(=O)COc1ccccc1C(C)C. The number of unbranched alkanes of at least 4 members (excludes halogenated alkanes) is 1. The molecule has 31 heavy (non-hydrogen) atoms. The van der Waals surface area contributed by atoms with Gasteiger partial charge in [0.05, 0.1) is 0 Å². The lowest BCUT2D eigenvalue weighted by Gasteiger charge is -2.29. The summed E-state index contributed by atoms with van der Waals surface area (Å²) in [6, 6.07) is 12.9. The van der Waals surface area contributed by atoms with Gasteiger partial charge in [-0.25, -0.2) is 4.39 Å². The third kappa shape index (κ3) is 7.39. The molecule has 0 saturated heterocycles. The van der Waals surface area contributed by atoms with Crippen molar-refractivity contribution in [1.29, 1.82) is 0 Å². The number of amides is 2. The zero-order valence-electron chi connectivity index (χ0n) is 18.9. The number of hydrogen-bond donors (Lipinski definition) is 1. The molecule has 2 aromatic rings. The van der Waals surface area contributed by atoms with E-state index in [0.29, 0.717) is 12.3 Å². The first-order chi connectivity index (χ1) is 14.8. The lowest BCUT2D eigenvalue weighted by Crippen LogP contribution is -2.49. The van der Waals surface area contributed by atoms with Gasteiger partial charge in [-0.15, -0.1) is 0 Å². The normalized spacial score (nSPS) is 11.8. The molecule has 0 aromatic heterocycles. The van der Waals surface area contributed by atoms with Gasteiger partial charge in [0.2, 0.25) is 5.91 Å². The van der Waals surface area contributed by atoms with E-state index in [4.69, 9.17) is 4.74 Å². The Balaban J connectivity index is 2.15. The third-order valence-electron chi connectivity index (χ3n) is 5.16. The highest BCUT2D eigenvalue weighted by Crippen LogP contribution is 2.26. The van der Waals surface area contributed by atoms with Crippen LogP contribution in [0.15, 0.2) is 48.5 Å². The van der Waals surface area contributed by atoms with Crippen LogP contribution in [0.1, 0.15) is 57.6 Å². The van der Waals surface area contributed by atoms with Crippen molar-refractivity contribution in [3.8, 4) is 5.75 Å². The minimum atomic E-state index is -0.682. The Morgan fingerprint density at radius 3 is 2.39 bits per heavy atom. The first kappa shape index (κ1) is 24.4. The van der Waals surface area contributed by atoms with Crippen LogP contribution in [0.25, 0.3) is 0 Å². The average Bonchev–Trinajstić information content (AvgIpc) is 2.76. The van der Waals surface area contributed by atoms with Gasteiger partial charge in [-0.2, -0.15) is 0 Å². The molecule has 1 N–H and O–H groups in total. The maximum atomic E-state index is 13.3. The minimum Gasteiger partial charge on any atom is -0.483 e. The summed E-state index contributed by atoms with van der Waals surface area (Å²) in [5.41, 5.74) is 1.76. The highest BCUT2D eigenvalue weighted by atomic mass is 19.1. The van der Waals surface area contributed by atoms with Gasteiger partial charge < -0.3 is 15.0 Å². The highest BCUT2D eigenvalue weighted by molar-refractivity contribution is 5.87. The molecule has 0 spiro atoms. The van der Waals surface area contributed by atoms with Gasteiger partial charge in [0.25, 0.3) is 5.91 Å². The molecule has 2 amide bonds. The number of rotatable bonds is 11. The number of hydrogen-bond acceptors (Lipinski definition) is 3. The van der Waals surface area contributed by atoms with Crippen molar-refractivity contribution < 1.29 is 18.7 Å². The highest BCUT2D eigenvalue weighted by Gasteiger charge is 2.26. The summed E-state index contributed by atoms with van der Waals surface area (Å²) in [5, 5.41) is 2.88. The smallest absolute Gasteiger partial charge is 0.261 e. The fourth-order valence-electron chi connectivity index (χ4n) is 3.22. The Labute approximate surface area is 184 Å². The van der Waals surface area contributed by atoms with Crippen LogP contribution < -0.4 is 10.1 Å². The average molecular weight is 429 g/mol. The molecule has 2 aromatic carbocycles. The van der Waals surface area contributed by atoms with E-state index >= 15 is 0 Å². The molecule has 1 atom stereocenters. The molecule has 0 bridgehead atoms. The monoisotopic (exact) mass is 428 g/mol. The molecule has 0 aliphatic carbocycles. The number of carbonyl (C=O) groups is 2. The molecular weight excluding hydrogens is 395 g/mol. The second kappa shape index (κ2) is 12.1. The molecule has 6 heteroatoms. The molecule has 0 aliphatic heterocycles. The molecule has 0 fully saturated rings. The van der Waals surface area contributed by atoms with Crippen LogP contribution in [0.5, 0.6) is 5.75 Å². The van der Waals surface area contributed by atoms with Gasteiger partial charge in [0.1, 0.15) is 17.6 Å². The second-order valence-corrected chi connectivity index (χ2v) is 7.95. The van der Waals surface area contributed by atoms with Crippen molar-refractivity contribution in [3.63, 3.8) is 0 Å². The number of carbonyl (C=O) groups excluding carboxylic acids is 2. The first-order valence-electron chi connectivity index (χ1n) is 10.9. The van der Waals surface area contributed by atoms with E-state index in [0.717, 1.165) is 24.0 Å². The van der Waals surface area contributed by atoms with E-state index in [1.54, 1.807) is 19.1 Å². The van der Waals surface area contributed by atoms with E-state index in [-0.39, 0.29) is 36.7 Å². The van der Waals surface area contributed by atoms with Crippen molar-refractivity contribution >= 4 is 11.8 Å². The summed E-state index contributed by atoms with van der Waals surface area (Å²) in [7, 11) is 0. The summed E-state index contributed by atoms with van der Waals surface area (Å²) >= 11 is 0. The summed E-state index contributed by atoms with van der Waals surface area (Å²) in [4.78, 5) is 27.2. The van der Waals surface area contributed by atoms with Crippen LogP contribution in [-0.4, -0.2) is 35.9 Å². The molecule has 0 radical (unpaired) electrons. The maximum Gasteiger partial charge on any atom is 0.261 e. The first-order valence-corrected chi connectivity index (χ1v) is 10.9. The van der Waals surface area contributed by atoms with Crippen molar-refractivity contribution in [1.82, 2.24) is 10.2 Å². The lowest BCUT2D eigenvalue weighted by molar-refractivity contribution is -0.142. The van der Waals surface area contributed by atoms with Gasteiger partial charge in [-0.05, 0) is 48.6 Å². The van der Waals surface area contributed by atoms with E-state index in [1.807, 2.05) is 31.2 Å². The van der Waals surface area contributed by atoms with Crippen LogP contribution >= 0.6 is 0 Å². The van der Waals surface area contributed by atoms with Crippen molar-refractivity contribution in [3.05, 3.63) is 65.5 Å². The number of benzene rings is 2. The molecule has 5 nitrogen and oxygen atoms in total. The Morgan fingerprint density at radius 1 is 1.06 bits per heavy atom. The standard InChI is InChI=1S/C25H33FN2O3/c1-5-6-15-27-25(30)19(4)28(16-20-11-13-21(26)14-12-20)24(29)17-31-23-10-8-7-9-22(23)18(2)3/h7-14,18-19H,5-6,15-17H2,1-4H3,(H,27,30)/t19-/m1/s1. The quantitative estimate of drug-likeness (QED) is 0.530. The van der Waals surface area contributed by atoms with Gasteiger partial charge in [0.15, 0.2) is 6.61 Å². The molecule has 0 unspecified atom stereocenters. The minimum absolute atomic E-state index is 0.183. The van der Waals surface area contributed by atoms with Crippen molar-refractivity contribution in [2.75, 3.05) is 13.2 Å². The van der Waals surface area contributed by atoms with Gasteiger partial charge in [-0.3, -0.25) is 9.59 Å². The summed E-state index contributed by atoms with van der Waals surface area (Å²) in [6.45, 7) is 8.45. The second-order valence-electron chi connectivity index (χ2n) is 7.95. The van der Waals surface area contributed by atoms with E-state index in [9.17, 15) is 14.0 Å². The van der Waals surface area contributed by atoms with Crippen LogP contribution in [0, 0.1) is 5.82 Å². The Kier molecular flexibility index (Phi) is 9.50. The zero-order chi connectivity index (χ0) is 22.8. The maximum absolute atomic E-state index is 13.3. The van der Waals surface area contributed by atoms with Crippen LogP contribution in [0.2, 0.25) is 0 Å². The fraction of sp³-hybridized carbons (Fsp3) is 0.440. The van der Waals surface area contributed by atoms with E-state index in [2.05, 4.69) is 19.2 Å². The lowest BCUT2D eigenvalue weighted by atomic mass is 10.0. The molecule has 0 heterocycles.